The fourth-order valence-corrected chi connectivity index (χ4v) is 2.04. The summed E-state index contributed by atoms with van der Waals surface area (Å²) in [5.74, 6) is 0. The molecule has 1 aliphatic rings. The first-order chi connectivity index (χ1) is 11.2. The minimum absolute atomic E-state index is 0. The van der Waals surface area contributed by atoms with E-state index in [1.54, 1.807) is 5.57 Å². The minimum Gasteiger partial charge on any atom is -0.199 e. The van der Waals surface area contributed by atoms with Gasteiger partial charge in [-0.3, -0.25) is 0 Å². The first kappa shape index (κ1) is 22.5. The average molecular weight is 483 g/mol. The molecule has 0 aliphatic heterocycles. The molecule has 0 N–H and O–H groups in total. The molecule has 0 saturated heterocycles. The van der Waals surface area contributed by atoms with Crippen molar-refractivity contribution >= 4 is 0 Å². The maximum Gasteiger partial charge on any atom is 0 e. The van der Waals surface area contributed by atoms with Gasteiger partial charge in [-0.2, -0.15) is 49.2 Å². The van der Waals surface area contributed by atoms with Crippen LogP contribution in [0.1, 0.15) is 43.7 Å². The van der Waals surface area contributed by atoms with E-state index in [4.69, 9.17) is 0 Å². The summed E-state index contributed by atoms with van der Waals surface area (Å²) in [6, 6.07) is 19.7. The SMILES string of the molecule is CCCCC1=CC=CC1.[CH2-]c1ccccc1.[CH2-]c1ccccc1.[Hf]. The summed E-state index contributed by atoms with van der Waals surface area (Å²) in [5, 5.41) is 0. The van der Waals surface area contributed by atoms with Gasteiger partial charge in [0.05, 0.1) is 0 Å². The smallest absolute Gasteiger partial charge is 0 e. The van der Waals surface area contributed by atoms with E-state index < -0.39 is 0 Å². The summed E-state index contributed by atoms with van der Waals surface area (Å²) >= 11 is 0. The first-order valence-corrected chi connectivity index (χ1v) is 8.31. The van der Waals surface area contributed by atoms with Gasteiger partial charge in [0.1, 0.15) is 0 Å². The van der Waals surface area contributed by atoms with Crippen LogP contribution in [0.2, 0.25) is 0 Å². The largest absolute Gasteiger partial charge is 0.199 e. The van der Waals surface area contributed by atoms with Crippen molar-refractivity contribution in [1.29, 1.82) is 0 Å². The number of rotatable bonds is 3. The van der Waals surface area contributed by atoms with Gasteiger partial charge in [0.15, 0.2) is 0 Å². The molecule has 0 heterocycles. The van der Waals surface area contributed by atoms with Gasteiger partial charge >= 0.3 is 0 Å². The normalized spacial score (nSPS) is 11.1. The molecule has 0 amide bonds. The molecule has 0 bridgehead atoms. The van der Waals surface area contributed by atoms with Crippen LogP contribution in [0.15, 0.2) is 84.5 Å². The summed E-state index contributed by atoms with van der Waals surface area (Å²) < 4.78 is 0. The van der Waals surface area contributed by atoms with Crippen LogP contribution >= 0.6 is 0 Å². The number of allylic oxidation sites excluding steroid dienone is 4. The molecule has 1 heteroatoms. The van der Waals surface area contributed by atoms with Gasteiger partial charge in [0, 0.05) is 25.8 Å². The third-order valence-corrected chi connectivity index (χ3v) is 3.39. The van der Waals surface area contributed by atoms with Crippen LogP contribution in [-0.2, 0) is 25.8 Å². The van der Waals surface area contributed by atoms with Crippen LogP contribution in [0, 0.1) is 13.8 Å². The first-order valence-electron chi connectivity index (χ1n) is 8.31. The molecule has 2 aromatic rings. The van der Waals surface area contributed by atoms with E-state index in [1.165, 1.54) is 25.7 Å². The Morgan fingerprint density at radius 2 is 1.33 bits per heavy atom. The molecule has 0 saturated carbocycles. The fourth-order valence-electron chi connectivity index (χ4n) is 2.04. The Hall–Kier alpha value is -1.47. The quantitative estimate of drug-likeness (QED) is 0.333. The van der Waals surface area contributed by atoms with Crippen molar-refractivity contribution in [3.8, 4) is 0 Å². The molecule has 0 unspecified atom stereocenters. The van der Waals surface area contributed by atoms with Gasteiger partial charge < -0.3 is 0 Å². The summed E-state index contributed by atoms with van der Waals surface area (Å²) in [5.41, 5.74) is 3.75. The number of unbranched alkanes of at least 4 members (excludes halogenated alkanes) is 1. The van der Waals surface area contributed by atoms with E-state index in [0.29, 0.717) is 0 Å². The third-order valence-electron chi connectivity index (χ3n) is 3.39. The van der Waals surface area contributed by atoms with Gasteiger partial charge in [0.25, 0.3) is 0 Å². The van der Waals surface area contributed by atoms with Crippen LogP contribution < -0.4 is 0 Å². The molecule has 0 radical (unpaired) electrons. The van der Waals surface area contributed by atoms with Gasteiger partial charge in [-0.1, -0.05) is 49.3 Å². The van der Waals surface area contributed by atoms with E-state index in [9.17, 15) is 0 Å². The van der Waals surface area contributed by atoms with Crippen LogP contribution in [0.25, 0.3) is 0 Å². The molecule has 0 spiro atoms. The predicted octanol–water partition coefficient (Wildman–Crippen LogP) is 6.80. The molecule has 126 valence electrons. The van der Waals surface area contributed by atoms with Crippen LogP contribution in [-0.4, -0.2) is 0 Å². The molecule has 2 aromatic carbocycles. The minimum atomic E-state index is 0. The molecule has 24 heavy (non-hydrogen) atoms. The second-order valence-corrected chi connectivity index (χ2v) is 5.53. The summed E-state index contributed by atoms with van der Waals surface area (Å²) in [4.78, 5) is 0. The Labute approximate surface area is 167 Å². The topological polar surface area (TPSA) is 0 Å². The van der Waals surface area contributed by atoms with Gasteiger partial charge in [-0.25, -0.2) is 0 Å². The molecular weight excluding hydrogens is 455 g/mol. The second kappa shape index (κ2) is 15.1. The molecule has 0 atom stereocenters. The van der Waals surface area contributed by atoms with Crippen LogP contribution in [0.3, 0.4) is 0 Å². The second-order valence-electron chi connectivity index (χ2n) is 5.53. The van der Waals surface area contributed by atoms with Crippen molar-refractivity contribution in [3.63, 3.8) is 0 Å². The number of benzene rings is 2. The zero-order chi connectivity index (χ0) is 16.8. The van der Waals surface area contributed by atoms with Crippen molar-refractivity contribution in [2.75, 3.05) is 0 Å². The molecular formula is C23H28Hf-2. The van der Waals surface area contributed by atoms with E-state index in [1.807, 2.05) is 60.7 Å². The Morgan fingerprint density at radius 1 is 0.833 bits per heavy atom. The summed E-state index contributed by atoms with van der Waals surface area (Å²) in [7, 11) is 0. The van der Waals surface area contributed by atoms with Crippen molar-refractivity contribution in [3.05, 3.63) is 109 Å². The number of hydrogen-bond donors (Lipinski definition) is 0. The maximum atomic E-state index is 3.72. The standard InChI is InChI=1S/C9H14.2C7H7.Hf/c1-2-3-6-9-7-4-5-8-9;2*1-7-5-3-2-4-6-7;/h4-5,7H,2-3,6,8H2,1H3;2*2-6H,1H2;/q;2*-1;. The van der Waals surface area contributed by atoms with Gasteiger partial charge in [-0.05, 0) is 19.3 Å². The Bertz CT molecular complexity index is 530. The molecule has 1 aliphatic carbocycles. The van der Waals surface area contributed by atoms with Crippen LogP contribution in [0.5, 0.6) is 0 Å². The Kier molecular flexibility index (Phi) is 14.2. The molecule has 0 aromatic heterocycles. The zero-order valence-corrected chi connectivity index (χ0v) is 18.3. The van der Waals surface area contributed by atoms with Crippen molar-refractivity contribution in [2.24, 2.45) is 0 Å². The molecule has 3 rings (SSSR count). The maximum absolute atomic E-state index is 3.72. The number of hydrogen-bond acceptors (Lipinski definition) is 0. The fraction of sp³-hybridized carbons (Fsp3) is 0.217. The Balaban J connectivity index is 0.000000327. The van der Waals surface area contributed by atoms with E-state index in [2.05, 4.69) is 39.0 Å². The van der Waals surface area contributed by atoms with E-state index >= 15 is 0 Å². The van der Waals surface area contributed by atoms with Crippen molar-refractivity contribution in [1.82, 2.24) is 0 Å². The monoisotopic (exact) mass is 484 g/mol. The summed E-state index contributed by atoms with van der Waals surface area (Å²) in [6.45, 7) is 9.68. The van der Waals surface area contributed by atoms with Crippen LogP contribution in [0.4, 0.5) is 0 Å². The third kappa shape index (κ3) is 12.0. The van der Waals surface area contributed by atoms with Crippen molar-refractivity contribution in [2.45, 2.75) is 32.6 Å². The van der Waals surface area contributed by atoms with Crippen molar-refractivity contribution < 1.29 is 25.8 Å². The van der Waals surface area contributed by atoms with Gasteiger partial charge in [-0.15, -0.1) is 24.3 Å². The van der Waals surface area contributed by atoms with E-state index in [0.717, 1.165) is 11.1 Å². The zero-order valence-electron chi connectivity index (χ0n) is 14.7. The van der Waals surface area contributed by atoms with Gasteiger partial charge in [0.2, 0.25) is 0 Å². The van der Waals surface area contributed by atoms with E-state index in [-0.39, 0.29) is 25.8 Å². The Morgan fingerprint density at radius 3 is 1.62 bits per heavy atom. The summed E-state index contributed by atoms with van der Waals surface area (Å²) in [6.07, 6.45) is 11.8. The molecule has 0 nitrogen and oxygen atoms in total. The average Bonchev–Trinajstić information content (AvgIpc) is 3.09. The molecule has 0 fully saturated rings. The predicted molar refractivity (Wildman–Crippen MR) is 103 cm³/mol.